The number of ether oxygens (including phenoxy) is 1. The van der Waals surface area contributed by atoms with Crippen molar-refractivity contribution in [3.63, 3.8) is 0 Å². The van der Waals surface area contributed by atoms with Gasteiger partial charge < -0.3 is 29.3 Å². The van der Waals surface area contributed by atoms with Gasteiger partial charge in [-0.1, -0.05) is 0 Å². The summed E-state index contributed by atoms with van der Waals surface area (Å²) in [4.78, 5) is 7.54. The molecule has 0 amide bonds. The molecule has 0 bridgehead atoms. The quantitative estimate of drug-likeness (QED) is 0.402. The van der Waals surface area contributed by atoms with Crippen LogP contribution in [0.15, 0.2) is 29.1 Å². The number of aromatic nitrogens is 3. The van der Waals surface area contributed by atoms with Crippen molar-refractivity contribution >= 4 is 11.0 Å². The predicted molar refractivity (Wildman–Crippen MR) is 120 cm³/mol. The van der Waals surface area contributed by atoms with Gasteiger partial charge in [-0.3, -0.25) is 0 Å². The Balaban J connectivity index is 1.36. The van der Waals surface area contributed by atoms with Gasteiger partial charge in [0.25, 0.3) is 0 Å². The summed E-state index contributed by atoms with van der Waals surface area (Å²) in [6.45, 7) is 3.13. The van der Waals surface area contributed by atoms with Crippen LogP contribution in [0, 0.1) is 0 Å². The van der Waals surface area contributed by atoms with Crippen molar-refractivity contribution in [3.05, 3.63) is 41.9 Å². The fourth-order valence-corrected chi connectivity index (χ4v) is 5.49. The summed E-state index contributed by atoms with van der Waals surface area (Å²) >= 11 is 0. The first-order chi connectivity index (χ1) is 17.5. The molecule has 1 aromatic carbocycles. The summed E-state index contributed by atoms with van der Waals surface area (Å²) in [6, 6.07) is 0.915. The minimum atomic E-state index is -4.74. The summed E-state index contributed by atoms with van der Waals surface area (Å²) in [5, 5.41) is 24.2. The van der Waals surface area contributed by atoms with Crippen LogP contribution in [0.5, 0.6) is 5.75 Å². The maximum Gasteiger partial charge on any atom is 0.436 e. The van der Waals surface area contributed by atoms with Crippen LogP contribution in [0.2, 0.25) is 0 Å². The first kappa shape index (κ1) is 26.8. The van der Waals surface area contributed by atoms with E-state index >= 15 is 0 Å². The molecule has 0 unspecified atom stereocenters. The minimum Gasteiger partial charge on any atom is -0.492 e. The van der Waals surface area contributed by atoms with Crippen LogP contribution in [-0.4, -0.2) is 49.0 Å². The second kappa shape index (κ2) is 8.85. The van der Waals surface area contributed by atoms with E-state index in [1.165, 1.54) is 17.0 Å². The molecule has 2 aromatic heterocycles. The number of fused-ring (bicyclic) bond motifs is 1. The van der Waals surface area contributed by atoms with E-state index < -0.39 is 46.7 Å². The van der Waals surface area contributed by atoms with E-state index in [1.54, 1.807) is 13.8 Å². The average Bonchev–Trinajstić information content (AvgIpc) is 3.42. The number of piperidine rings is 1. The normalized spacial score (nSPS) is 30.4. The summed E-state index contributed by atoms with van der Waals surface area (Å²) in [5.74, 6) is -0.584. The van der Waals surface area contributed by atoms with E-state index in [9.17, 15) is 36.6 Å². The molecule has 3 atom stereocenters. The topological polar surface area (TPSA) is 106 Å². The highest BCUT2D eigenvalue weighted by atomic mass is 19.4. The number of hydrogen-bond acceptors (Lipinski definition) is 7. The van der Waals surface area contributed by atoms with Crippen LogP contribution in [0.4, 0.5) is 26.3 Å². The van der Waals surface area contributed by atoms with Gasteiger partial charge in [-0.25, -0.2) is 9.97 Å². The molecule has 38 heavy (non-hydrogen) atoms. The van der Waals surface area contributed by atoms with Gasteiger partial charge in [-0.2, -0.15) is 26.3 Å². The molecular formula is C24H26F6N4O4. The summed E-state index contributed by atoms with van der Waals surface area (Å²) in [7, 11) is 0. The third-order valence-corrected chi connectivity index (χ3v) is 7.08. The van der Waals surface area contributed by atoms with E-state index in [0.717, 1.165) is 6.07 Å². The van der Waals surface area contributed by atoms with Gasteiger partial charge in [0, 0.05) is 37.0 Å². The Morgan fingerprint density at radius 1 is 1.11 bits per heavy atom. The van der Waals surface area contributed by atoms with Crippen LogP contribution in [0.25, 0.3) is 11.0 Å². The number of benzene rings is 1. The molecule has 1 saturated carbocycles. The Morgan fingerprint density at radius 3 is 2.42 bits per heavy atom. The van der Waals surface area contributed by atoms with Crippen molar-refractivity contribution in [1.82, 2.24) is 19.9 Å². The monoisotopic (exact) mass is 548 g/mol. The molecule has 0 spiro atoms. The number of nitrogens with zero attached hydrogens (tertiary/aromatic N) is 3. The number of oxazole rings is 1. The predicted octanol–water partition coefficient (Wildman–Crippen LogP) is 4.55. The molecule has 0 radical (unpaired) electrons. The third kappa shape index (κ3) is 5.08. The first-order valence-electron chi connectivity index (χ1n) is 12.0. The van der Waals surface area contributed by atoms with Crippen LogP contribution < -0.4 is 10.1 Å². The molecule has 8 nitrogen and oxygen atoms in total. The molecule has 2 fully saturated rings. The smallest absolute Gasteiger partial charge is 0.436 e. The highest BCUT2D eigenvalue weighted by molar-refractivity contribution is 5.82. The van der Waals surface area contributed by atoms with E-state index in [-0.39, 0.29) is 48.3 Å². The Labute approximate surface area is 212 Å². The van der Waals surface area contributed by atoms with E-state index in [1.807, 2.05) is 0 Å². The fraction of sp³-hybridized carbons (Fsp3) is 0.583. The number of hydrogen-bond donors (Lipinski definition) is 3. The summed E-state index contributed by atoms with van der Waals surface area (Å²) in [6.07, 6.45) is -7.22. The average molecular weight is 548 g/mol. The maximum atomic E-state index is 14.0. The van der Waals surface area contributed by atoms with Crippen molar-refractivity contribution in [2.75, 3.05) is 6.61 Å². The number of halogens is 6. The van der Waals surface area contributed by atoms with Crippen molar-refractivity contribution in [1.29, 1.82) is 0 Å². The Kier molecular flexibility index (Phi) is 6.23. The number of imidazole rings is 1. The minimum absolute atomic E-state index is 0.0109. The Hall–Kier alpha value is -2.84. The highest BCUT2D eigenvalue weighted by Crippen LogP contribution is 2.45. The standard InChI is InChI=1S/C24H26F6N4O4/c1-12-5-22(36,20-33-18(10-38-20)24(28,29)30)6-13(32-12)9-37-15-3-16(23(25,26)27)19-17(4-15)31-11-34(19)14-7-21(2,35)8-14/h3-4,10-14,32,35-36H,5-9H2,1-2H3/t12-,13-,14?,21?,22-/m0/s1. The molecular weight excluding hydrogens is 522 g/mol. The van der Waals surface area contributed by atoms with E-state index in [4.69, 9.17) is 9.15 Å². The van der Waals surface area contributed by atoms with E-state index in [0.29, 0.717) is 19.1 Å². The Bertz CT molecular complexity index is 1330. The van der Waals surface area contributed by atoms with Crippen molar-refractivity contribution < 1.29 is 45.7 Å². The molecule has 3 N–H and O–H groups in total. The summed E-state index contributed by atoms with van der Waals surface area (Å²) < 4.78 is 93.0. The molecule has 3 heterocycles. The highest BCUT2D eigenvalue weighted by Gasteiger charge is 2.45. The van der Waals surface area contributed by atoms with Gasteiger partial charge in [-0.05, 0) is 32.8 Å². The number of rotatable bonds is 5. The zero-order valence-electron chi connectivity index (χ0n) is 20.4. The van der Waals surface area contributed by atoms with Crippen LogP contribution >= 0.6 is 0 Å². The zero-order valence-corrected chi connectivity index (χ0v) is 20.4. The molecule has 1 saturated heterocycles. The van der Waals surface area contributed by atoms with Gasteiger partial charge in [0.05, 0.1) is 28.5 Å². The van der Waals surface area contributed by atoms with Gasteiger partial charge in [-0.15, -0.1) is 0 Å². The van der Waals surface area contributed by atoms with Crippen molar-refractivity contribution in [2.24, 2.45) is 0 Å². The number of alkyl halides is 6. The lowest BCUT2D eigenvalue weighted by Gasteiger charge is -2.41. The lowest BCUT2D eigenvalue weighted by Crippen LogP contribution is -2.53. The summed E-state index contributed by atoms with van der Waals surface area (Å²) in [5.41, 5.74) is -5.00. The van der Waals surface area contributed by atoms with Gasteiger partial charge in [0.1, 0.15) is 24.2 Å². The Morgan fingerprint density at radius 2 is 1.82 bits per heavy atom. The fourth-order valence-electron chi connectivity index (χ4n) is 5.49. The van der Waals surface area contributed by atoms with Crippen molar-refractivity contribution in [3.8, 4) is 5.75 Å². The second-order valence-electron chi connectivity index (χ2n) is 10.6. The van der Waals surface area contributed by atoms with Gasteiger partial charge in [0.15, 0.2) is 5.69 Å². The lowest BCUT2D eigenvalue weighted by atomic mass is 9.77. The van der Waals surface area contributed by atoms with Crippen molar-refractivity contribution in [2.45, 2.75) is 81.2 Å². The van der Waals surface area contributed by atoms with E-state index in [2.05, 4.69) is 15.3 Å². The SMILES string of the molecule is C[C@H]1C[C@@](O)(c2nc(C(F)(F)F)co2)C[C@@H](COc2cc(C(F)(F)F)c3c(c2)ncn3C2CC(C)(O)C2)N1. The molecule has 2 aliphatic rings. The largest absolute Gasteiger partial charge is 0.492 e. The molecule has 3 aromatic rings. The third-order valence-electron chi connectivity index (χ3n) is 7.08. The van der Waals surface area contributed by atoms with Crippen LogP contribution in [0.1, 0.15) is 62.7 Å². The lowest BCUT2D eigenvalue weighted by molar-refractivity contribution is -0.141. The van der Waals surface area contributed by atoms with Crippen LogP contribution in [0.3, 0.4) is 0 Å². The molecule has 1 aliphatic heterocycles. The number of nitrogens with one attached hydrogen (secondary N) is 1. The second-order valence-corrected chi connectivity index (χ2v) is 10.6. The molecule has 1 aliphatic carbocycles. The van der Waals surface area contributed by atoms with Crippen LogP contribution in [-0.2, 0) is 18.0 Å². The maximum absolute atomic E-state index is 14.0. The van der Waals surface area contributed by atoms with Gasteiger partial charge in [0.2, 0.25) is 5.89 Å². The molecule has 5 rings (SSSR count). The first-order valence-corrected chi connectivity index (χ1v) is 12.0. The molecule has 14 heteroatoms. The number of aliphatic hydroxyl groups is 2. The molecule has 208 valence electrons. The van der Waals surface area contributed by atoms with Gasteiger partial charge >= 0.3 is 12.4 Å². The zero-order chi connectivity index (χ0) is 27.7.